The Balaban J connectivity index is 2.02. The number of hydrogen-bond acceptors (Lipinski definition) is 5. The number of thiophene rings is 1. The molecule has 0 atom stereocenters. The van der Waals surface area contributed by atoms with E-state index in [-0.39, 0.29) is 0 Å². The second-order valence-electron chi connectivity index (χ2n) is 3.33. The Morgan fingerprint density at radius 2 is 2.38 bits per heavy atom. The summed E-state index contributed by atoms with van der Waals surface area (Å²) < 4.78 is 6.27. The van der Waals surface area contributed by atoms with Gasteiger partial charge in [-0.05, 0) is 48.1 Å². The molecule has 0 amide bonds. The zero-order valence-corrected chi connectivity index (χ0v) is 11.3. The number of nitrogens with zero attached hydrogens (tertiary/aromatic N) is 2. The van der Waals surface area contributed by atoms with Gasteiger partial charge in [0.2, 0.25) is 0 Å². The van der Waals surface area contributed by atoms with Crippen LogP contribution in [0.5, 0.6) is 0 Å². The van der Waals surface area contributed by atoms with E-state index in [2.05, 4.69) is 31.4 Å². The topological polar surface area (TPSA) is 51.0 Å². The third-order valence-electron chi connectivity index (χ3n) is 2.08. The predicted octanol–water partition coefficient (Wildman–Crippen LogP) is 2.71. The van der Waals surface area contributed by atoms with Crippen molar-refractivity contribution in [1.82, 2.24) is 15.5 Å². The van der Waals surface area contributed by atoms with Gasteiger partial charge in [-0.2, -0.15) is 4.98 Å². The second kappa shape index (κ2) is 5.56. The first-order valence-electron chi connectivity index (χ1n) is 5.02. The van der Waals surface area contributed by atoms with E-state index in [0.717, 1.165) is 33.9 Å². The average molecular weight is 302 g/mol. The third-order valence-corrected chi connectivity index (χ3v) is 3.69. The lowest BCUT2D eigenvalue weighted by Gasteiger charge is -1.93. The molecule has 2 aromatic rings. The van der Waals surface area contributed by atoms with Gasteiger partial charge < -0.3 is 9.84 Å². The van der Waals surface area contributed by atoms with Crippen molar-refractivity contribution in [2.75, 3.05) is 13.6 Å². The van der Waals surface area contributed by atoms with E-state index in [1.54, 1.807) is 11.3 Å². The number of hydrogen-bond donors (Lipinski definition) is 1. The fourth-order valence-corrected chi connectivity index (χ4v) is 2.62. The van der Waals surface area contributed by atoms with Crippen molar-refractivity contribution in [3.63, 3.8) is 0 Å². The lowest BCUT2D eigenvalue weighted by atomic mass is 10.3. The average Bonchev–Trinajstić information content (AvgIpc) is 2.87. The fraction of sp³-hybridized carbons (Fsp3) is 0.400. The first-order chi connectivity index (χ1) is 7.79. The molecule has 1 N–H and O–H groups in total. The van der Waals surface area contributed by atoms with Crippen molar-refractivity contribution in [3.05, 3.63) is 21.7 Å². The molecule has 2 rings (SSSR count). The third kappa shape index (κ3) is 2.90. The summed E-state index contributed by atoms with van der Waals surface area (Å²) in [6.07, 6.45) is 1.86. The minimum atomic E-state index is 0.607. The zero-order valence-electron chi connectivity index (χ0n) is 8.86. The van der Waals surface area contributed by atoms with Crippen LogP contribution in [0.4, 0.5) is 0 Å². The number of aromatic nitrogens is 2. The Morgan fingerprint density at radius 3 is 3.06 bits per heavy atom. The highest BCUT2D eigenvalue weighted by atomic mass is 79.9. The number of aryl methyl sites for hydroxylation is 1. The van der Waals surface area contributed by atoms with Crippen LogP contribution in [-0.2, 0) is 6.42 Å². The Kier molecular flexibility index (Phi) is 4.09. The van der Waals surface area contributed by atoms with E-state index in [9.17, 15) is 0 Å². The molecule has 0 radical (unpaired) electrons. The molecular weight excluding hydrogens is 290 g/mol. The van der Waals surface area contributed by atoms with Gasteiger partial charge in [0.15, 0.2) is 5.82 Å². The maximum Gasteiger partial charge on any atom is 0.268 e. The van der Waals surface area contributed by atoms with Crippen LogP contribution in [0.1, 0.15) is 12.2 Å². The maximum atomic E-state index is 5.20. The molecule has 0 spiro atoms. The molecule has 0 aromatic carbocycles. The molecule has 6 heteroatoms. The van der Waals surface area contributed by atoms with Crippen LogP contribution in [-0.4, -0.2) is 23.7 Å². The number of rotatable bonds is 5. The Bertz CT molecular complexity index is 454. The van der Waals surface area contributed by atoms with Gasteiger partial charge in [0.05, 0.1) is 8.66 Å². The highest BCUT2D eigenvalue weighted by Crippen LogP contribution is 2.29. The van der Waals surface area contributed by atoms with E-state index >= 15 is 0 Å². The van der Waals surface area contributed by atoms with Crippen molar-refractivity contribution in [3.8, 4) is 10.8 Å². The Morgan fingerprint density at radius 1 is 1.50 bits per heavy atom. The summed E-state index contributed by atoms with van der Waals surface area (Å²) in [6.45, 7) is 0.967. The molecule has 0 bridgehead atoms. The molecule has 0 saturated heterocycles. The minimum absolute atomic E-state index is 0.607. The van der Waals surface area contributed by atoms with Crippen LogP contribution in [0, 0.1) is 0 Å². The lowest BCUT2D eigenvalue weighted by Crippen LogP contribution is -2.08. The Labute approximate surface area is 106 Å². The molecule has 16 heavy (non-hydrogen) atoms. The quantitative estimate of drug-likeness (QED) is 0.863. The fourth-order valence-electron chi connectivity index (χ4n) is 1.31. The highest BCUT2D eigenvalue weighted by molar-refractivity contribution is 9.11. The van der Waals surface area contributed by atoms with Crippen molar-refractivity contribution in [1.29, 1.82) is 0 Å². The van der Waals surface area contributed by atoms with Gasteiger partial charge >= 0.3 is 0 Å². The summed E-state index contributed by atoms with van der Waals surface area (Å²) in [5.74, 6) is 1.38. The highest BCUT2D eigenvalue weighted by Gasteiger charge is 2.10. The van der Waals surface area contributed by atoms with Crippen molar-refractivity contribution < 1.29 is 4.52 Å². The van der Waals surface area contributed by atoms with Crippen molar-refractivity contribution >= 4 is 27.3 Å². The molecule has 0 aliphatic heterocycles. The molecule has 0 aliphatic rings. The first-order valence-corrected chi connectivity index (χ1v) is 6.63. The van der Waals surface area contributed by atoms with Gasteiger partial charge in [-0.3, -0.25) is 0 Å². The van der Waals surface area contributed by atoms with Crippen LogP contribution >= 0.6 is 27.3 Å². The summed E-state index contributed by atoms with van der Waals surface area (Å²) >= 11 is 5.00. The summed E-state index contributed by atoms with van der Waals surface area (Å²) in [5.41, 5.74) is 0. The maximum absolute atomic E-state index is 5.20. The SMILES string of the molecule is CNCCCc1noc(-c2ccc(Br)s2)n1. The van der Waals surface area contributed by atoms with E-state index in [4.69, 9.17) is 4.52 Å². The summed E-state index contributed by atoms with van der Waals surface area (Å²) in [5, 5.41) is 7.04. The van der Waals surface area contributed by atoms with Crippen molar-refractivity contribution in [2.45, 2.75) is 12.8 Å². The smallest absolute Gasteiger partial charge is 0.268 e. The van der Waals surface area contributed by atoms with E-state index < -0.39 is 0 Å². The predicted molar refractivity (Wildman–Crippen MR) is 67.6 cm³/mol. The van der Waals surface area contributed by atoms with Gasteiger partial charge in [0.25, 0.3) is 5.89 Å². The first kappa shape index (κ1) is 11.8. The van der Waals surface area contributed by atoms with Gasteiger partial charge in [0, 0.05) is 6.42 Å². The lowest BCUT2D eigenvalue weighted by molar-refractivity contribution is 0.422. The standard InChI is InChI=1S/C10H12BrN3OS/c1-12-6-2-3-9-13-10(15-14-9)7-4-5-8(11)16-7/h4-5,12H,2-3,6H2,1H3. The zero-order chi connectivity index (χ0) is 11.4. The van der Waals surface area contributed by atoms with Gasteiger partial charge in [-0.1, -0.05) is 5.16 Å². The van der Waals surface area contributed by atoms with Crippen LogP contribution < -0.4 is 5.32 Å². The molecule has 0 saturated carbocycles. The van der Waals surface area contributed by atoms with Crippen molar-refractivity contribution in [2.24, 2.45) is 0 Å². The summed E-state index contributed by atoms with van der Waals surface area (Å²) in [6, 6.07) is 3.95. The van der Waals surface area contributed by atoms with E-state index in [0.29, 0.717) is 5.89 Å². The largest absolute Gasteiger partial charge is 0.333 e. The van der Waals surface area contributed by atoms with Gasteiger partial charge in [0.1, 0.15) is 0 Å². The summed E-state index contributed by atoms with van der Waals surface area (Å²) in [4.78, 5) is 5.35. The molecule has 0 fully saturated rings. The normalized spacial score (nSPS) is 10.9. The molecule has 86 valence electrons. The molecular formula is C10H12BrN3OS. The summed E-state index contributed by atoms with van der Waals surface area (Å²) in [7, 11) is 1.94. The van der Waals surface area contributed by atoms with E-state index in [1.807, 2.05) is 19.2 Å². The van der Waals surface area contributed by atoms with Crippen LogP contribution in [0.15, 0.2) is 20.4 Å². The monoisotopic (exact) mass is 301 g/mol. The Hall–Kier alpha value is -0.720. The molecule has 2 aromatic heterocycles. The van der Waals surface area contributed by atoms with Gasteiger partial charge in [-0.15, -0.1) is 11.3 Å². The van der Waals surface area contributed by atoms with Crippen LogP contribution in [0.25, 0.3) is 10.8 Å². The molecule has 2 heterocycles. The minimum Gasteiger partial charge on any atom is -0.333 e. The number of halogens is 1. The van der Waals surface area contributed by atoms with Crippen LogP contribution in [0.3, 0.4) is 0 Å². The molecule has 4 nitrogen and oxygen atoms in total. The molecule has 0 unspecified atom stereocenters. The van der Waals surface area contributed by atoms with E-state index in [1.165, 1.54) is 0 Å². The number of nitrogens with one attached hydrogen (secondary N) is 1. The molecule has 0 aliphatic carbocycles. The van der Waals surface area contributed by atoms with Crippen LogP contribution in [0.2, 0.25) is 0 Å². The second-order valence-corrected chi connectivity index (χ2v) is 5.79. The van der Waals surface area contributed by atoms with Gasteiger partial charge in [-0.25, -0.2) is 0 Å².